The summed E-state index contributed by atoms with van der Waals surface area (Å²) in [6, 6.07) is 1.60. The Balaban J connectivity index is 2.70. The highest BCUT2D eigenvalue weighted by Crippen LogP contribution is 2.29. The second-order valence-electron chi connectivity index (χ2n) is 3.65. The number of nitrogens with zero attached hydrogens (tertiary/aromatic N) is 1. The summed E-state index contributed by atoms with van der Waals surface area (Å²) in [6.45, 7) is 5.18. The van der Waals surface area contributed by atoms with Gasteiger partial charge in [-0.3, -0.25) is 0 Å². The first-order chi connectivity index (χ1) is 7.58. The molecule has 0 unspecified atom stereocenters. The Morgan fingerprint density at radius 3 is 2.38 bits per heavy atom. The Morgan fingerprint density at radius 2 is 1.81 bits per heavy atom. The van der Waals surface area contributed by atoms with Crippen LogP contribution in [0.3, 0.4) is 0 Å². The quantitative estimate of drug-likeness (QED) is 0.777. The smallest absolute Gasteiger partial charge is 0.150 e. The predicted octanol–water partition coefficient (Wildman–Crippen LogP) is 4.89. The number of aromatic nitrogens is 1. The second kappa shape index (κ2) is 6.53. The Bertz CT molecular complexity index is 351. The minimum atomic E-state index is 0.276. The van der Waals surface area contributed by atoms with Crippen LogP contribution in [0.1, 0.15) is 26.7 Å². The monoisotopic (exact) mass is 280 g/mol. The van der Waals surface area contributed by atoms with Crippen LogP contribution >= 0.6 is 34.8 Å². The maximum Gasteiger partial charge on any atom is 0.150 e. The van der Waals surface area contributed by atoms with Crippen molar-refractivity contribution in [3.8, 4) is 0 Å². The van der Waals surface area contributed by atoms with Gasteiger partial charge in [0, 0.05) is 6.54 Å². The SMILES string of the molecule is CCC(CC)CNc1nc(Cl)c(Cl)cc1Cl. The maximum absolute atomic E-state index is 6.00. The fourth-order valence-corrected chi connectivity index (χ4v) is 1.95. The molecule has 1 aromatic heterocycles. The van der Waals surface area contributed by atoms with Crippen molar-refractivity contribution in [2.45, 2.75) is 26.7 Å². The lowest BCUT2D eigenvalue weighted by Crippen LogP contribution is -2.13. The van der Waals surface area contributed by atoms with E-state index in [1.54, 1.807) is 6.07 Å². The molecule has 0 amide bonds. The van der Waals surface area contributed by atoms with E-state index in [0.29, 0.717) is 21.8 Å². The van der Waals surface area contributed by atoms with Gasteiger partial charge in [0.2, 0.25) is 0 Å². The van der Waals surface area contributed by atoms with E-state index < -0.39 is 0 Å². The van der Waals surface area contributed by atoms with Crippen molar-refractivity contribution >= 4 is 40.6 Å². The standard InChI is InChI=1S/C11H15Cl3N2/c1-3-7(4-2)6-15-11-9(13)5-8(12)10(14)16-11/h5,7H,3-4,6H2,1-2H3,(H,15,16). The molecular formula is C11H15Cl3N2. The molecule has 0 bridgehead atoms. The van der Waals surface area contributed by atoms with E-state index in [0.717, 1.165) is 19.4 Å². The Labute approximate surface area is 111 Å². The summed E-state index contributed by atoms with van der Waals surface area (Å²) in [5.41, 5.74) is 0. The molecule has 0 saturated carbocycles. The first-order valence-electron chi connectivity index (χ1n) is 5.33. The molecule has 0 spiro atoms. The summed E-state index contributed by atoms with van der Waals surface area (Å²) in [4.78, 5) is 4.10. The topological polar surface area (TPSA) is 24.9 Å². The van der Waals surface area contributed by atoms with Crippen LogP contribution in [0.4, 0.5) is 5.82 Å². The third-order valence-electron chi connectivity index (χ3n) is 2.60. The lowest BCUT2D eigenvalue weighted by Gasteiger charge is -2.14. The molecule has 1 N–H and O–H groups in total. The predicted molar refractivity (Wildman–Crippen MR) is 71.8 cm³/mol. The third kappa shape index (κ3) is 3.69. The fraction of sp³-hybridized carbons (Fsp3) is 0.545. The first-order valence-corrected chi connectivity index (χ1v) is 6.47. The molecule has 0 radical (unpaired) electrons. The highest BCUT2D eigenvalue weighted by molar-refractivity contribution is 6.42. The molecule has 2 nitrogen and oxygen atoms in total. The molecule has 1 aromatic rings. The highest BCUT2D eigenvalue weighted by Gasteiger charge is 2.09. The first kappa shape index (κ1) is 13.9. The van der Waals surface area contributed by atoms with Crippen molar-refractivity contribution in [1.29, 1.82) is 0 Å². The molecule has 1 rings (SSSR count). The minimum Gasteiger partial charge on any atom is -0.369 e. The van der Waals surface area contributed by atoms with Gasteiger partial charge in [0.05, 0.1) is 10.0 Å². The molecule has 90 valence electrons. The average Bonchev–Trinajstić information content (AvgIpc) is 2.26. The van der Waals surface area contributed by atoms with Crippen molar-refractivity contribution in [1.82, 2.24) is 4.98 Å². The second-order valence-corrected chi connectivity index (χ2v) is 4.83. The van der Waals surface area contributed by atoms with E-state index in [1.807, 2.05) is 0 Å². The van der Waals surface area contributed by atoms with E-state index in [2.05, 4.69) is 24.1 Å². The minimum absolute atomic E-state index is 0.276. The molecule has 0 aliphatic rings. The van der Waals surface area contributed by atoms with E-state index in [4.69, 9.17) is 34.8 Å². The van der Waals surface area contributed by atoms with Crippen LogP contribution < -0.4 is 5.32 Å². The van der Waals surface area contributed by atoms with Gasteiger partial charge in [0.25, 0.3) is 0 Å². The molecule has 0 aliphatic carbocycles. The van der Waals surface area contributed by atoms with Gasteiger partial charge in [-0.05, 0) is 12.0 Å². The molecule has 0 atom stereocenters. The van der Waals surface area contributed by atoms with E-state index in [-0.39, 0.29) is 5.15 Å². The zero-order valence-corrected chi connectivity index (χ0v) is 11.6. The maximum atomic E-state index is 6.00. The van der Waals surface area contributed by atoms with Gasteiger partial charge in [-0.2, -0.15) is 0 Å². The zero-order valence-electron chi connectivity index (χ0n) is 9.36. The largest absolute Gasteiger partial charge is 0.369 e. The lowest BCUT2D eigenvalue weighted by molar-refractivity contribution is 0.518. The van der Waals surface area contributed by atoms with Crippen LogP contribution in [0, 0.1) is 5.92 Å². The summed E-state index contributed by atoms with van der Waals surface area (Å²) < 4.78 is 0. The highest BCUT2D eigenvalue weighted by atomic mass is 35.5. The Kier molecular flexibility index (Phi) is 5.67. The number of pyridine rings is 1. The number of rotatable bonds is 5. The molecule has 1 heterocycles. The number of nitrogens with one attached hydrogen (secondary N) is 1. The molecular weight excluding hydrogens is 266 g/mol. The van der Waals surface area contributed by atoms with Gasteiger partial charge >= 0.3 is 0 Å². The number of halogens is 3. The van der Waals surface area contributed by atoms with Gasteiger partial charge in [-0.1, -0.05) is 61.5 Å². The van der Waals surface area contributed by atoms with Crippen molar-refractivity contribution in [2.24, 2.45) is 5.92 Å². The third-order valence-corrected chi connectivity index (χ3v) is 3.56. The van der Waals surface area contributed by atoms with Crippen LogP contribution in [0.15, 0.2) is 6.07 Å². The van der Waals surface area contributed by atoms with Crippen molar-refractivity contribution in [2.75, 3.05) is 11.9 Å². The van der Waals surface area contributed by atoms with Crippen LogP contribution in [0.25, 0.3) is 0 Å². The van der Waals surface area contributed by atoms with E-state index in [1.165, 1.54) is 0 Å². The molecule has 0 aliphatic heterocycles. The van der Waals surface area contributed by atoms with Crippen LogP contribution in [0.5, 0.6) is 0 Å². The summed E-state index contributed by atoms with van der Waals surface area (Å²) in [5, 5.41) is 4.35. The summed E-state index contributed by atoms with van der Waals surface area (Å²) in [5.74, 6) is 1.22. The molecule has 5 heteroatoms. The van der Waals surface area contributed by atoms with Crippen LogP contribution in [-0.2, 0) is 0 Å². The van der Waals surface area contributed by atoms with Gasteiger partial charge in [-0.15, -0.1) is 0 Å². The molecule has 16 heavy (non-hydrogen) atoms. The lowest BCUT2D eigenvalue weighted by atomic mass is 10.0. The molecule has 0 aromatic carbocycles. The number of hydrogen-bond donors (Lipinski definition) is 1. The summed E-state index contributed by atoms with van der Waals surface area (Å²) in [6.07, 6.45) is 2.25. The number of hydrogen-bond acceptors (Lipinski definition) is 2. The zero-order chi connectivity index (χ0) is 12.1. The Morgan fingerprint density at radius 1 is 1.19 bits per heavy atom. The molecule has 0 fully saturated rings. The summed E-state index contributed by atoms with van der Waals surface area (Å²) >= 11 is 17.6. The summed E-state index contributed by atoms with van der Waals surface area (Å²) in [7, 11) is 0. The van der Waals surface area contributed by atoms with Crippen LogP contribution in [0.2, 0.25) is 15.2 Å². The van der Waals surface area contributed by atoms with Crippen molar-refractivity contribution < 1.29 is 0 Å². The van der Waals surface area contributed by atoms with Crippen molar-refractivity contribution in [3.63, 3.8) is 0 Å². The Hall–Kier alpha value is -0.180. The van der Waals surface area contributed by atoms with Gasteiger partial charge in [0.15, 0.2) is 0 Å². The normalized spacial score (nSPS) is 10.9. The average molecular weight is 282 g/mol. The van der Waals surface area contributed by atoms with Crippen LogP contribution in [-0.4, -0.2) is 11.5 Å². The fourth-order valence-electron chi connectivity index (χ4n) is 1.39. The van der Waals surface area contributed by atoms with E-state index in [9.17, 15) is 0 Å². The van der Waals surface area contributed by atoms with Gasteiger partial charge in [-0.25, -0.2) is 4.98 Å². The number of anilines is 1. The molecule has 0 saturated heterocycles. The van der Waals surface area contributed by atoms with Gasteiger partial charge < -0.3 is 5.32 Å². The van der Waals surface area contributed by atoms with Crippen molar-refractivity contribution in [3.05, 3.63) is 21.3 Å². The van der Waals surface area contributed by atoms with Gasteiger partial charge in [0.1, 0.15) is 11.0 Å². The van der Waals surface area contributed by atoms with E-state index >= 15 is 0 Å².